The maximum atomic E-state index is 5.62. The maximum absolute atomic E-state index is 5.62. The Labute approximate surface area is 98.8 Å². The molecule has 84 valence electrons. The van der Waals surface area contributed by atoms with Gasteiger partial charge in [-0.2, -0.15) is 15.0 Å². The summed E-state index contributed by atoms with van der Waals surface area (Å²) < 4.78 is 0. The van der Waals surface area contributed by atoms with Crippen LogP contribution in [0.2, 0.25) is 10.6 Å². The fourth-order valence-corrected chi connectivity index (χ4v) is 1.36. The van der Waals surface area contributed by atoms with Crippen molar-refractivity contribution in [1.82, 2.24) is 19.9 Å². The molecule has 0 spiro atoms. The molecule has 0 aliphatic heterocycles. The van der Waals surface area contributed by atoms with Crippen molar-refractivity contribution in [2.45, 2.75) is 6.42 Å². The van der Waals surface area contributed by atoms with Gasteiger partial charge in [-0.15, -0.1) is 0 Å². The minimum atomic E-state index is 0.102. The molecule has 1 heterocycles. The first-order chi connectivity index (χ1) is 7.08. The van der Waals surface area contributed by atoms with Gasteiger partial charge in [-0.05, 0) is 50.3 Å². The Morgan fingerprint density at radius 2 is 1.73 bits per heavy atom. The van der Waals surface area contributed by atoms with Gasteiger partial charge in [0.05, 0.1) is 0 Å². The number of nitrogens with one attached hydrogen (secondary N) is 1. The predicted octanol–water partition coefficient (Wildman–Crippen LogP) is 1.54. The summed E-state index contributed by atoms with van der Waals surface area (Å²) in [5.74, 6) is 0.416. The number of halogens is 2. The highest BCUT2D eigenvalue weighted by Crippen LogP contribution is 2.09. The smallest absolute Gasteiger partial charge is 0.228 e. The summed E-state index contributed by atoms with van der Waals surface area (Å²) in [6, 6.07) is 0. The molecule has 0 saturated carbocycles. The van der Waals surface area contributed by atoms with Crippen molar-refractivity contribution in [2.24, 2.45) is 0 Å². The molecule has 0 amide bonds. The zero-order valence-corrected chi connectivity index (χ0v) is 10.2. The van der Waals surface area contributed by atoms with Crippen molar-refractivity contribution >= 4 is 29.2 Å². The highest BCUT2D eigenvalue weighted by molar-refractivity contribution is 6.31. The van der Waals surface area contributed by atoms with Crippen LogP contribution < -0.4 is 5.32 Å². The topological polar surface area (TPSA) is 53.9 Å². The first-order valence-corrected chi connectivity index (χ1v) is 5.29. The van der Waals surface area contributed by atoms with Crippen molar-refractivity contribution < 1.29 is 0 Å². The molecule has 0 aliphatic carbocycles. The second-order valence-electron chi connectivity index (χ2n) is 3.28. The van der Waals surface area contributed by atoms with Crippen LogP contribution in [0.1, 0.15) is 6.42 Å². The molecule has 5 nitrogen and oxygen atoms in total. The third-order valence-corrected chi connectivity index (χ3v) is 1.98. The van der Waals surface area contributed by atoms with Crippen LogP contribution in [0.5, 0.6) is 0 Å². The molecule has 0 bridgehead atoms. The largest absolute Gasteiger partial charge is 0.354 e. The van der Waals surface area contributed by atoms with Crippen LogP contribution in [0.3, 0.4) is 0 Å². The van der Waals surface area contributed by atoms with E-state index in [1.165, 1.54) is 0 Å². The molecule has 0 aromatic carbocycles. The summed E-state index contributed by atoms with van der Waals surface area (Å²) in [4.78, 5) is 13.5. The van der Waals surface area contributed by atoms with Gasteiger partial charge in [-0.3, -0.25) is 0 Å². The van der Waals surface area contributed by atoms with Gasteiger partial charge < -0.3 is 10.2 Å². The second kappa shape index (κ2) is 6.05. The second-order valence-corrected chi connectivity index (χ2v) is 3.96. The number of anilines is 1. The Balaban J connectivity index is 2.37. The average Bonchev–Trinajstić information content (AvgIpc) is 2.10. The summed E-state index contributed by atoms with van der Waals surface area (Å²) in [5, 5.41) is 3.23. The van der Waals surface area contributed by atoms with Crippen LogP contribution in [-0.2, 0) is 0 Å². The number of hydrogen-bond donors (Lipinski definition) is 1. The van der Waals surface area contributed by atoms with E-state index in [9.17, 15) is 0 Å². The summed E-state index contributed by atoms with van der Waals surface area (Å²) >= 11 is 11.2. The van der Waals surface area contributed by atoms with E-state index in [-0.39, 0.29) is 10.6 Å². The monoisotopic (exact) mass is 249 g/mol. The van der Waals surface area contributed by atoms with Crippen molar-refractivity contribution in [2.75, 3.05) is 32.5 Å². The standard InChI is InChI=1S/C8H13Cl2N5/c1-15(2)5-3-4-11-8-13-6(9)12-7(10)14-8/h3-5H2,1-2H3,(H,11,12,13,14). The van der Waals surface area contributed by atoms with Crippen LogP contribution in [0, 0.1) is 0 Å². The fourth-order valence-electron chi connectivity index (χ4n) is 1.00. The molecule has 7 heteroatoms. The van der Waals surface area contributed by atoms with Gasteiger partial charge in [0.15, 0.2) is 0 Å². The minimum absolute atomic E-state index is 0.102. The van der Waals surface area contributed by atoms with Crippen molar-refractivity contribution in [3.8, 4) is 0 Å². The van der Waals surface area contributed by atoms with E-state index >= 15 is 0 Å². The molecule has 1 rings (SSSR count). The lowest BCUT2D eigenvalue weighted by atomic mass is 10.4. The summed E-state index contributed by atoms with van der Waals surface area (Å²) in [6.45, 7) is 1.77. The SMILES string of the molecule is CN(C)CCCNc1nc(Cl)nc(Cl)n1. The molecule has 1 aromatic rings. The van der Waals surface area contributed by atoms with E-state index < -0.39 is 0 Å². The molecule has 1 N–H and O–H groups in total. The highest BCUT2D eigenvalue weighted by Gasteiger charge is 2.01. The van der Waals surface area contributed by atoms with Crippen molar-refractivity contribution in [3.63, 3.8) is 0 Å². The number of hydrogen-bond acceptors (Lipinski definition) is 5. The lowest BCUT2D eigenvalue weighted by molar-refractivity contribution is 0.405. The Kier molecular flexibility index (Phi) is 5.01. The Hall–Kier alpha value is -0.650. The van der Waals surface area contributed by atoms with Crippen LogP contribution in [0.4, 0.5) is 5.95 Å². The van der Waals surface area contributed by atoms with Gasteiger partial charge in [0.1, 0.15) is 0 Å². The van der Waals surface area contributed by atoms with Crippen molar-refractivity contribution in [3.05, 3.63) is 10.6 Å². The Morgan fingerprint density at radius 3 is 2.27 bits per heavy atom. The number of aromatic nitrogens is 3. The molecular formula is C8H13Cl2N5. The predicted molar refractivity (Wildman–Crippen MR) is 61.5 cm³/mol. The van der Waals surface area contributed by atoms with Crippen LogP contribution in [0.15, 0.2) is 0 Å². The molecule has 0 aliphatic rings. The van der Waals surface area contributed by atoms with E-state index in [1.807, 2.05) is 14.1 Å². The fraction of sp³-hybridized carbons (Fsp3) is 0.625. The van der Waals surface area contributed by atoms with Crippen LogP contribution in [0.25, 0.3) is 0 Å². The molecule has 1 aromatic heterocycles. The van der Waals surface area contributed by atoms with Gasteiger partial charge in [0.2, 0.25) is 16.5 Å². The lowest BCUT2D eigenvalue weighted by Gasteiger charge is -2.09. The van der Waals surface area contributed by atoms with E-state index in [1.54, 1.807) is 0 Å². The Bertz CT molecular complexity index is 298. The first kappa shape index (κ1) is 12.4. The van der Waals surface area contributed by atoms with Gasteiger partial charge in [-0.1, -0.05) is 0 Å². The molecule has 0 saturated heterocycles. The van der Waals surface area contributed by atoms with Gasteiger partial charge >= 0.3 is 0 Å². The summed E-state index contributed by atoms with van der Waals surface area (Å²) in [6.07, 6.45) is 0.994. The number of rotatable bonds is 5. The van der Waals surface area contributed by atoms with Gasteiger partial charge in [0, 0.05) is 6.54 Å². The molecular weight excluding hydrogens is 237 g/mol. The summed E-state index contributed by atoms with van der Waals surface area (Å²) in [5.41, 5.74) is 0. The van der Waals surface area contributed by atoms with Gasteiger partial charge in [-0.25, -0.2) is 0 Å². The van der Waals surface area contributed by atoms with E-state index in [0.29, 0.717) is 5.95 Å². The van der Waals surface area contributed by atoms with E-state index in [2.05, 4.69) is 25.2 Å². The zero-order chi connectivity index (χ0) is 11.3. The molecule has 0 fully saturated rings. The molecule has 0 unspecified atom stereocenters. The number of nitrogens with zero attached hydrogens (tertiary/aromatic N) is 4. The van der Waals surface area contributed by atoms with Gasteiger partial charge in [0.25, 0.3) is 0 Å². The van der Waals surface area contributed by atoms with Crippen LogP contribution >= 0.6 is 23.2 Å². The Morgan fingerprint density at radius 1 is 1.13 bits per heavy atom. The molecule has 0 atom stereocenters. The van der Waals surface area contributed by atoms with Crippen LogP contribution in [-0.4, -0.2) is 47.0 Å². The average molecular weight is 250 g/mol. The van der Waals surface area contributed by atoms with E-state index in [4.69, 9.17) is 23.2 Å². The zero-order valence-electron chi connectivity index (χ0n) is 8.67. The molecule has 15 heavy (non-hydrogen) atoms. The minimum Gasteiger partial charge on any atom is -0.354 e. The first-order valence-electron chi connectivity index (χ1n) is 4.53. The van der Waals surface area contributed by atoms with E-state index in [0.717, 1.165) is 19.5 Å². The maximum Gasteiger partial charge on any atom is 0.228 e. The van der Waals surface area contributed by atoms with Crippen molar-refractivity contribution in [1.29, 1.82) is 0 Å². The quantitative estimate of drug-likeness (QED) is 0.803. The lowest BCUT2D eigenvalue weighted by Crippen LogP contribution is -2.17. The third-order valence-electron chi connectivity index (χ3n) is 1.65. The highest BCUT2D eigenvalue weighted by atomic mass is 35.5. The normalized spacial score (nSPS) is 10.7. The molecule has 0 radical (unpaired) electrons. The summed E-state index contributed by atoms with van der Waals surface area (Å²) in [7, 11) is 4.05. The third kappa shape index (κ3) is 5.11.